The van der Waals surface area contributed by atoms with Gasteiger partial charge < -0.3 is 9.47 Å². The van der Waals surface area contributed by atoms with Crippen LogP contribution in [0.5, 0.6) is 5.75 Å². The maximum Gasteiger partial charge on any atom is 0.124 e. The predicted octanol–water partition coefficient (Wildman–Crippen LogP) is 2.33. The largest absolute Gasteiger partial charge is 0.496 e. The van der Waals surface area contributed by atoms with E-state index < -0.39 is 0 Å². The zero-order valence-corrected chi connectivity index (χ0v) is 12.9. The van der Waals surface area contributed by atoms with Gasteiger partial charge in [0.2, 0.25) is 0 Å². The first kappa shape index (κ1) is 13.8. The number of rotatable bonds is 4. The fourth-order valence-electron chi connectivity index (χ4n) is 3.49. The molecule has 0 amide bonds. The highest BCUT2D eigenvalue weighted by Crippen LogP contribution is 2.30. The van der Waals surface area contributed by atoms with Gasteiger partial charge >= 0.3 is 0 Å². The molecule has 0 bridgehead atoms. The Balaban J connectivity index is 1.58. The third kappa shape index (κ3) is 2.50. The Morgan fingerprint density at radius 1 is 1.32 bits per heavy atom. The van der Waals surface area contributed by atoms with Gasteiger partial charge in [0.05, 0.1) is 26.0 Å². The molecule has 0 radical (unpaired) electrons. The molecule has 2 aliphatic rings. The fourth-order valence-corrected chi connectivity index (χ4v) is 3.49. The molecule has 1 fully saturated rings. The molecule has 22 heavy (non-hydrogen) atoms. The van der Waals surface area contributed by atoms with E-state index in [0.717, 1.165) is 31.1 Å². The highest BCUT2D eigenvalue weighted by Gasteiger charge is 2.21. The maximum absolute atomic E-state index is 5.57. The van der Waals surface area contributed by atoms with Crippen molar-refractivity contribution >= 4 is 0 Å². The summed E-state index contributed by atoms with van der Waals surface area (Å²) in [6, 6.07) is 4.47. The van der Waals surface area contributed by atoms with Crippen LogP contribution in [0.15, 0.2) is 18.3 Å². The molecule has 0 unspecified atom stereocenters. The van der Waals surface area contributed by atoms with E-state index in [2.05, 4.69) is 22.4 Å². The summed E-state index contributed by atoms with van der Waals surface area (Å²) in [5.41, 5.74) is 5.11. The quantitative estimate of drug-likeness (QED) is 0.869. The van der Waals surface area contributed by atoms with Crippen LogP contribution in [0.4, 0.5) is 0 Å². The van der Waals surface area contributed by atoms with E-state index >= 15 is 0 Å². The Hall–Kier alpha value is -1.88. The molecule has 1 atom stereocenters. The van der Waals surface area contributed by atoms with Crippen molar-refractivity contribution in [3.63, 3.8) is 0 Å². The van der Waals surface area contributed by atoms with Crippen molar-refractivity contribution in [2.24, 2.45) is 0 Å². The Morgan fingerprint density at radius 3 is 2.95 bits per heavy atom. The second-order valence-electron chi connectivity index (χ2n) is 6.19. The highest BCUT2D eigenvalue weighted by atomic mass is 16.5. The second kappa shape index (κ2) is 5.72. The molecule has 0 N–H and O–H groups in total. The van der Waals surface area contributed by atoms with Gasteiger partial charge in [-0.15, -0.1) is 5.10 Å². The monoisotopic (exact) mass is 299 g/mol. The SMILES string of the molecule is COc1cc2c(cc1Cn1cc([C@@H]3CCOC3)nn1)CCC2. The van der Waals surface area contributed by atoms with Gasteiger partial charge in [-0.05, 0) is 48.9 Å². The summed E-state index contributed by atoms with van der Waals surface area (Å²) in [5, 5.41) is 8.60. The van der Waals surface area contributed by atoms with Crippen molar-refractivity contribution in [1.29, 1.82) is 0 Å². The zero-order chi connectivity index (χ0) is 14.9. The van der Waals surface area contributed by atoms with Gasteiger partial charge in [0, 0.05) is 24.3 Å². The average Bonchev–Trinajstić information content (AvgIpc) is 3.27. The Bertz CT molecular complexity index is 675. The predicted molar refractivity (Wildman–Crippen MR) is 82.3 cm³/mol. The molecule has 1 aromatic carbocycles. The first-order chi connectivity index (χ1) is 10.8. The van der Waals surface area contributed by atoms with Crippen LogP contribution in [0.25, 0.3) is 0 Å². The fraction of sp³-hybridized carbons (Fsp3) is 0.529. The summed E-state index contributed by atoms with van der Waals surface area (Å²) in [6.45, 7) is 2.30. The molecule has 1 aromatic heterocycles. The minimum absolute atomic E-state index is 0.399. The molecule has 5 heteroatoms. The van der Waals surface area contributed by atoms with Crippen molar-refractivity contribution in [2.45, 2.75) is 38.1 Å². The molecule has 2 heterocycles. The van der Waals surface area contributed by atoms with Crippen molar-refractivity contribution in [2.75, 3.05) is 20.3 Å². The number of benzene rings is 1. The summed E-state index contributed by atoms with van der Waals surface area (Å²) < 4.78 is 12.9. The van der Waals surface area contributed by atoms with Gasteiger partial charge in [-0.2, -0.15) is 0 Å². The van der Waals surface area contributed by atoms with Crippen molar-refractivity contribution < 1.29 is 9.47 Å². The number of ether oxygens (including phenoxy) is 2. The van der Waals surface area contributed by atoms with Gasteiger partial charge in [-0.3, -0.25) is 0 Å². The van der Waals surface area contributed by atoms with Crippen LogP contribution in [0.1, 0.15) is 41.1 Å². The summed E-state index contributed by atoms with van der Waals surface area (Å²) in [5.74, 6) is 1.36. The lowest BCUT2D eigenvalue weighted by atomic mass is 10.0. The van der Waals surface area contributed by atoms with Crippen LogP contribution < -0.4 is 4.74 Å². The smallest absolute Gasteiger partial charge is 0.124 e. The van der Waals surface area contributed by atoms with E-state index in [1.165, 1.54) is 36.0 Å². The first-order valence-electron chi connectivity index (χ1n) is 8.00. The number of aryl methyl sites for hydroxylation is 2. The van der Waals surface area contributed by atoms with E-state index in [1.54, 1.807) is 7.11 Å². The van der Waals surface area contributed by atoms with E-state index in [4.69, 9.17) is 9.47 Å². The summed E-state index contributed by atoms with van der Waals surface area (Å²) in [6.07, 6.45) is 6.68. The van der Waals surface area contributed by atoms with Gasteiger partial charge in [0.15, 0.2) is 0 Å². The minimum Gasteiger partial charge on any atom is -0.496 e. The lowest BCUT2D eigenvalue weighted by Crippen LogP contribution is -2.04. The van der Waals surface area contributed by atoms with Crippen molar-refractivity contribution in [3.05, 3.63) is 40.7 Å². The van der Waals surface area contributed by atoms with E-state index in [1.807, 2.05) is 10.9 Å². The molecular formula is C17H21N3O2. The van der Waals surface area contributed by atoms with E-state index in [-0.39, 0.29) is 0 Å². The second-order valence-corrected chi connectivity index (χ2v) is 6.19. The zero-order valence-electron chi connectivity index (χ0n) is 12.9. The number of hydrogen-bond acceptors (Lipinski definition) is 4. The van der Waals surface area contributed by atoms with Crippen LogP contribution >= 0.6 is 0 Å². The van der Waals surface area contributed by atoms with Crippen LogP contribution in [0.3, 0.4) is 0 Å². The average molecular weight is 299 g/mol. The molecular weight excluding hydrogens is 278 g/mol. The lowest BCUT2D eigenvalue weighted by Gasteiger charge is -2.11. The topological polar surface area (TPSA) is 49.2 Å². The van der Waals surface area contributed by atoms with Crippen molar-refractivity contribution in [3.8, 4) is 5.75 Å². The molecule has 4 rings (SSSR count). The molecule has 1 saturated heterocycles. The third-order valence-electron chi connectivity index (χ3n) is 4.73. The van der Waals surface area contributed by atoms with Gasteiger partial charge in [-0.25, -0.2) is 4.68 Å². The summed E-state index contributed by atoms with van der Waals surface area (Å²) in [7, 11) is 1.74. The molecule has 0 saturated carbocycles. The van der Waals surface area contributed by atoms with Crippen LogP contribution in [0, 0.1) is 0 Å². The summed E-state index contributed by atoms with van der Waals surface area (Å²) in [4.78, 5) is 0. The van der Waals surface area contributed by atoms with E-state index in [0.29, 0.717) is 12.5 Å². The maximum atomic E-state index is 5.57. The van der Waals surface area contributed by atoms with E-state index in [9.17, 15) is 0 Å². The molecule has 116 valence electrons. The Kier molecular flexibility index (Phi) is 3.58. The minimum atomic E-state index is 0.399. The van der Waals surface area contributed by atoms with Crippen molar-refractivity contribution in [1.82, 2.24) is 15.0 Å². The number of fused-ring (bicyclic) bond motifs is 1. The standard InChI is InChI=1S/C17H21N3O2/c1-21-17-8-13-4-2-3-12(13)7-15(17)9-20-10-16(18-19-20)14-5-6-22-11-14/h7-8,10,14H,2-6,9,11H2,1H3/t14-/m1/s1. The molecule has 0 spiro atoms. The first-order valence-corrected chi connectivity index (χ1v) is 8.00. The van der Waals surface area contributed by atoms with Gasteiger partial charge in [0.1, 0.15) is 5.75 Å². The molecule has 2 aromatic rings. The number of nitrogens with zero attached hydrogens (tertiary/aromatic N) is 3. The molecule has 5 nitrogen and oxygen atoms in total. The molecule has 1 aliphatic heterocycles. The third-order valence-corrected chi connectivity index (χ3v) is 4.73. The van der Waals surface area contributed by atoms with Gasteiger partial charge in [0.25, 0.3) is 0 Å². The normalized spacial score (nSPS) is 20.3. The summed E-state index contributed by atoms with van der Waals surface area (Å²) >= 11 is 0. The highest BCUT2D eigenvalue weighted by molar-refractivity contribution is 5.44. The Labute approximate surface area is 130 Å². The number of aromatic nitrogens is 3. The van der Waals surface area contributed by atoms with Crippen LogP contribution in [-0.4, -0.2) is 35.3 Å². The lowest BCUT2D eigenvalue weighted by molar-refractivity contribution is 0.193. The van der Waals surface area contributed by atoms with Crippen LogP contribution in [0.2, 0.25) is 0 Å². The van der Waals surface area contributed by atoms with Gasteiger partial charge in [-0.1, -0.05) is 5.21 Å². The number of methoxy groups -OCH3 is 1. The van der Waals surface area contributed by atoms with Crippen LogP contribution in [-0.2, 0) is 24.1 Å². The number of hydrogen-bond donors (Lipinski definition) is 0. The molecule has 1 aliphatic carbocycles. The Morgan fingerprint density at radius 2 is 2.18 bits per heavy atom.